The molecule has 7 nitrogen and oxygen atoms in total. The number of carbonyl (C=O) groups is 1. The second-order valence-electron chi connectivity index (χ2n) is 6.64. The summed E-state index contributed by atoms with van der Waals surface area (Å²) in [4.78, 5) is 26.1. The van der Waals surface area contributed by atoms with Crippen LogP contribution in [0.4, 0.5) is 0 Å². The smallest absolute Gasteiger partial charge is 0.291 e. The SMILES string of the molecule is Cc1nn(CC(=O)N[C@@H](C)CCc2ccco2)c(=O)c2cc3ccsc3n12. The van der Waals surface area contributed by atoms with Crippen LogP contribution in [0.1, 0.15) is 24.9 Å². The second kappa shape index (κ2) is 7.03. The molecule has 1 atom stereocenters. The van der Waals surface area contributed by atoms with Crippen LogP contribution < -0.4 is 10.9 Å². The summed E-state index contributed by atoms with van der Waals surface area (Å²) in [6.07, 6.45) is 3.15. The van der Waals surface area contributed by atoms with Crippen molar-refractivity contribution < 1.29 is 9.21 Å². The van der Waals surface area contributed by atoms with Gasteiger partial charge < -0.3 is 9.73 Å². The zero-order valence-electron chi connectivity index (χ0n) is 15.1. The largest absolute Gasteiger partial charge is 0.469 e. The van der Waals surface area contributed by atoms with Gasteiger partial charge in [-0.25, -0.2) is 4.68 Å². The van der Waals surface area contributed by atoms with Crippen molar-refractivity contribution in [3.63, 3.8) is 0 Å². The number of thiophene rings is 1. The van der Waals surface area contributed by atoms with Crippen molar-refractivity contribution in [2.24, 2.45) is 0 Å². The Morgan fingerprint density at radius 1 is 1.41 bits per heavy atom. The van der Waals surface area contributed by atoms with Crippen molar-refractivity contribution in [1.82, 2.24) is 19.5 Å². The number of aromatic nitrogens is 3. The zero-order valence-corrected chi connectivity index (χ0v) is 16.0. The fourth-order valence-electron chi connectivity index (χ4n) is 3.25. The highest BCUT2D eigenvalue weighted by Gasteiger charge is 2.15. The molecule has 1 N–H and O–H groups in total. The minimum absolute atomic E-state index is 0.0261. The summed E-state index contributed by atoms with van der Waals surface area (Å²) in [5.41, 5.74) is 0.283. The number of nitrogens with one attached hydrogen (secondary N) is 1. The van der Waals surface area contributed by atoms with E-state index in [2.05, 4.69) is 10.4 Å². The van der Waals surface area contributed by atoms with E-state index in [0.29, 0.717) is 11.3 Å². The average molecular weight is 384 g/mol. The third kappa shape index (κ3) is 3.40. The molecular weight excluding hydrogens is 364 g/mol. The van der Waals surface area contributed by atoms with Gasteiger partial charge in [0.1, 0.15) is 28.5 Å². The van der Waals surface area contributed by atoms with Crippen molar-refractivity contribution >= 4 is 33.0 Å². The lowest BCUT2D eigenvalue weighted by molar-refractivity contribution is -0.122. The van der Waals surface area contributed by atoms with Crippen LogP contribution in [0, 0.1) is 6.92 Å². The third-order valence-electron chi connectivity index (χ3n) is 4.56. The maximum atomic E-state index is 12.7. The van der Waals surface area contributed by atoms with Gasteiger partial charge in [-0.1, -0.05) is 0 Å². The Bertz CT molecular complexity index is 1150. The van der Waals surface area contributed by atoms with Gasteiger partial charge in [0.25, 0.3) is 5.56 Å². The Labute approximate surface area is 159 Å². The molecule has 0 spiro atoms. The first-order chi connectivity index (χ1) is 13.0. The zero-order chi connectivity index (χ0) is 19.0. The molecule has 4 aromatic rings. The molecule has 8 heteroatoms. The Morgan fingerprint density at radius 2 is 2.26 bits per heavy atom. The molecule has 0 aromatic carbocycles. The standard InChI is InChI=1S/C19H20N4O3S/c1-12(5-6-15-4-3-8-26-15)20-17(24)11-22-18(25)16-10-14-7-9-27-19(14)23(16)13(2)21-22/h3-4,7-10,12H,5-6,11H2,1-2H3,(H,20,24)/t12-/m0/s1. The number of nitrogens with zero attached hydrogens (tertiary/aromatic N) is 3. The van der Waals surface area contributed by atoms with E-state index in [4.69, 9.17) is 4.42 Å². The number of aryl methyl sites for hydroxylation is 2. The lowest BCUT2D eigenvalue weighted by atomic mass is 10.1. The lowest BCUT2D eigenvalue weighted by Gasteiger charge is -2.14. The van der Waals surface area contributed by atoms with Crippen LogP contribution in [0.2, 0.25) is 0 Å². The van der Waals surface area contributed by atoms with Crippen molar-refractivity contribution in [3.05, 3.63) is 57.8 Å². The first kappa shape index (κ1) is 17.5. The topological polar surface area (TPSA) is 81.5 Å². The third-order valence-corrected chi connectivity index (χ3v) is 5.47. The molecule has 1 amide bonds. The lowest BCUT2D eigenvalue weighted by Crippen LogP contribution is -2.39. The second-order valence-corrected chi connectivity index (χ2v) is 7.54. The maximum Gasteiger partial charge on any atom is 0.291 e. The molecule has 140 valence electrons. The molecule has 4 heterocycles. The highest BCUT2D eigenvalue weighted by atomic mass is 32.1. The molecule has 0 aliphatic heterocycles. The average Bonchev–Trinajstić information content (AvgIpc) is 3.33. The first-order valence-corrected chi connectivity index (χ1v) is 9.69. The summed E-state index contributed by atoms with van der Waals surface area (Å²) < 4.78 is 8.39. The fraction of sp³-hybridized carbons (Fsp3) is 0.316. The van der Waals surface area contributed by atoms with Crippen LogP contribution in [0.5, 0.6) is 0 Å². The van der Waals surface area contributed by atoms with Crippen LogP contribution in [0.25, 0.3) is 15.7 Å². The molecule has 0 unspecified atom stereocenters. The number of hydrogen-bond acceptors (Lipinski definition) is 5. The predicted octanol–water partition coefficient (Wildman–Crippen LogP) is 2.75. The minimum Gasteiger partial charge on any atom is -0.469 e. The number of furan rings is 1. The number of amides is 1. The Kier molecular flexibility index (Phi) is 4.57. The molecule has 0 saturated heterocycles. The van der Waals surface area contributed by atoms with Gasteiger partial charge in [-0.2, -0.15) is 5.10 Å². The van der Waals surface area contributed by atoms with E-state index in [-0.39, 0.29) is 24.1 Å². The normalized spacial score (nSPS) is 12.7. The van der Waals surface area contributed by atoms with Gasteiger partial charge >= 0.3 is 0 Å². The van der Waals surface area contributed by atoms with E-state index in [1.807, 2.05) is 47.9 Å². The van der Waals surface area contributed by atoms with Crippen LogP contribution >= 0.6 is 11.3 Å². The summed E-state index contributed by atoms with van der Waals surface area (Å²) in [6.45, 7) is 3.68. The van der Waals surface area contributed by atoms with E-state index < -0.39 is 0 Å². The van der Waals surface area contributed by atoms with Crippen LogP contribution in [0.3, 0.4) is 0 Å². The Hall–Kier alpha value is -2.87. The van der Waals surface area contributed by atoms with E-state index in [1.54, 1.807) is 17.6 Å². The van der Waals surface area contributed by atoms with E-state index >= 15 is 0 Å². The fourth-order valence-corrected chi connectivity index (χ4v) is 4.19. The van der Waals surface area contributed by atoms with Crippen LogP contribution in [0.15, 0.2) is 45.1 Å². The van der Waals surface area contributed by atoms with Gasteiger partial charge in [0.15, 0.2) is 0 Å². The molecule has 0 aliphatic rings. The predicted molar refractivity (Wildman–Crippen MR) is 104 cm³/mol. The summed E-state index contributed by atoms with van der Waals surface area (Å²) in [5, 5.41) is 10.3. The summed E-state index contributed by atoms with van der Waals surface area (Å²) in [6, 6.07) is 7.56. The van der Waals surface area contributed by atoms with E-state index in [1.165, 1.54) is 4.68 Å². The van der Waals surface area contributed by atoms with Crippen molar-refractivity contribution in [3.8, 4) is 0 Å². The number of rotatable bonds is 6. The van der Waals surface area contributed by atoms with Crippen molar-refractivity contribution in [2.45, 2.75) is 39.3 Å². The van der Waals surface area contributed by atoms with Gasteiger partial charge in [-0.3, -0.25) is 14.0 Å². The summed E-state index contributed by atoms with van der Waals surface area (Å²) >= 11 is 1.57. The number of fused-ring (bicyclic) bond motifs is 3. The Balaban J connectivity index is 1.48. The first-order valence-electron chi connectivity index (χ1n) is 8.81. The molecular formula is C19H20N4O3S. The minimum atomic E-state index is -0.262. The van der Waals surface area contributed by atoms with Gasteiger partial charge in [-0.05, 0) is 49.9 Å². The highest BCUT2D eigenvalue weighted by molar-refractivity contribution is 7.16. The maximum absolute atomic E-state index is 12.7. The van der Waals surface area contributed by atoms with Crippen LogP contribution in [-0.2, 0) is 17.8 Å². The molecule has 4 rings (SSSR count). The highest BCUT2D eigenvalue weighted by Crippen LogP contribution is 2.24. The molecule has 0 bridgehead atoms. The van der Waals surface area contributed by atoms with Gasteiger partial charge in [-0.15, -0.1) is 11.3 Å². The van der Waals surface area contributed by atoms with Gasteiger partial charge in [0.05, 0.1) is 6.26 Å². The molecule has 27 heavy (non-hydrogen) atoms. The quantitative estimate of drug-likeness (QED) is 0.554. The summed E-state index contributed by atoms with van der Waals surface area (Å²) in [7, 11) is 0. The Morgan fingerprint density at radius 3 is 3.04 bits per heavy atom. The van der Waals surface area contributed by atoms with Gasteiger partial charge in [0, 0.05) is 17.8 Å². The van der Waals surface area contributed by atoms with E-state index in [9.17, 15) is 9.59 Å². The molecule has 0 radical (unpaired) electrons. The van der Waals surface area contributed by atoms with Gasteiger partial charge in [0.2, 0.25) is 5.91 Å². The van der Waals surface area contributed by atoms with Crippen molar-refractivity contribution in [2.75, 3.05) is 0 Å². The molecule has 4 aromatic heterocycles. The monoisotopic (exact) mass is 384 g/mol. The molecule has 0 fully saturated rings. The molecule has 0 aliphatic carbocycles. The van der Waals surface area contributed by atoms with E-state index in [0.717, 1.165) is 28.8 Å². The summed E-state index contributed by atoms with van der Waals surface area (Å²) in [5.74, 6) is 1.35. The van der Waals surface area contributed by atoms with Crippen molar-refractivity contribution in [1.29, 1.82) is 0 Å². The number of hydrogen-bond donors (Lipinski definition) is 1. The number of carbonyl (C=O) groups excluding carboxylic acids is 1. The van der Waals surface area contributed by atoms with Crippen LogP contribution in [-0.4, -0.2) is 26.1 Å². The molecule has 0 saturated carbocycles.